The minimum atomic E-state index is 0.0653. The van der Waals surface area contributed by atoms with E-state index in [1.807, 2.05) is 6.92 Å². The van der Waals surface area contributed by atoms with E-state index >= 15 is 0 Å². The molecule has 1 N–H and O–H groups in total. The standard InChI is InChI=1S/C17H29N3O/c1-4-18-12-15-11-13(3)19-17(20-15)16(21-5-2)14-9-7-6-8-10-14/h11,14,16,18H,4-10,12H2,1-3H3. The Morgan fingerprint density at radius 1 is 1.24 bits per heavy atom. The number of aryl methyl sites for hydroxylation is 1. The van der Waals surface area contributed by atoms with Crippen LogP contribution in [-0.4, -0.2) is 23.1 Å². The molecule has 1 unspecified atom stereocenters. The van der Waals surface area contributed by atoms with Gasteiger partial charge in [-0.2, -0.15) is 0 Å². The van der Waals surface area contributed by atoms with Crippen LogP contribution in [0.3, 0.4) is 0 Å². The Hall–Kier alpha value is -1.00. The predicted octanol–water partition coefficient (Wildman–Crippen LogP) is 3.55. The zero-order chi connectivity index (χ0) is 15.1. The first-order chi connectivity index (χ1) is 10.2. The second-order valence-electron chi connectivity index (χ2n) is 5.91. The fraction of sp³-hybridized carbons (Fsp3) is 0.765. The zero-order valence-corrected chi connectivity index (χ0v) is 13.7. The summed E-state index contributed by atoms with van der Waals surface area (Å²) in [6.07, 6.45) is 6.52. The van der Waals surface area contributed by atoms with Crippen LogP contribution in [0.2, 0.25) is 0 Å². The minimum Gasteiger partial charge on any atom is -0.370 e. The summed E-state index contributed by atoms with van der Waals surface area (Å²) in [6.45, 7) is 8.70. The highest BCUT2D eigenvalue weighted by atomic mass is 16.5. The van der Waals surface area contributed by atoms with Crippen molar-refractivity contribution in [3.8, 4) is 0 Å². The quantitative estimate of drug-likeness (QED) is 0.834. The third kappa shape index (κ3) is 4.75. The Balaban J connectivity index is 2.19. The van der Waals surface area contributed by atoms with Crippen molar-refractivity contribution in [2.75, 3.05) is 13.2 Å². The number of aromatic nitrogens is 2. The number of hydrogen-bond donors (Lipinski definition) is 1. The normalized spacial score (nSPS) is 17.9. The highest BCUT2D eigenvalue weighted by Crippen LogP contribution is 2.35. The molecule has 0 amide bonds. The Kier molecular flexibility index (Phi) is 6.58. The van der Waals surface area contributed by atoms with Crippen LogP contribution in [0.5, 0.6) is 0 Å². The Labute approximate surface area is 128 Å². The zero-order valence-electron chi connectivity index (χ0n) is 13.7. The van der Waals surface area contributed by atoms with Crippen molar-refractivity contribution in [3.05, 3.63) is 23.3 Å². The van der Waals surface area contributed by atoms with Crippen LogP contribution in [0.4, 0.5) is 0 Å². The maximum atomic E-state index is 6.04. The molecule has 1 atom stereocenters. The van der Waals surface area contributed by atoms with Gasteiger partial charge >= 0.3 is 0 Å². The summed E-state index contributed by atoms with van der Waals surface area (Å²) >= 11 is 0. The van der Waals surface area contributed by atoms with Crippen LogP contribution in [0, 0.1) is 12.8 Å². The minimum absolute atomic E-state index is 0.0653. The van der Waals surface area contributed by atoms with Gasteiger partial charge < -0.3 is 10.1 Å². The molecule has 0 radical (unpaired) electrons. The van der Waals surface area contributed by atoms with Gasteiger partial charge in [-0.3, -0.25) is 0 Å². The molecule has 2 rings (SSSR count). The molecule has 0 spiro atoms. The largest absolute Gasteiger partial charge is 0.370 e. The fourth-order valence-electron chi connectivity index (χ4n) is 3.17. The summed E-state index contributed by atoms with van der Waals surface area (Å²) in [7, 11) is 0. The number of nitrogens with zero attached hydrogens (tertiary/aromatic N) is 2. The van der Waals surface area contributed by atoms with Crippen LogP contribution in [-0.2, 0) is 11.3 Å². The van der Waals surface area contributed by atoms with Gasteiger partial charge in [-0.05, 0) is 45.2 Å². The molecule has 1 saturated carbocycles. The molecule has 1 aliphatic rings. The van der Waals surface area contributed by atoms with E-state index in [1.54, 1.807) is 0 Å². The molecule has 4 nitrogen and oxygen atoms in total. The lowest BCUT2D eigenvalue weighted by atomic mass is 9.85. The van der Waals surface area contributed by atoms with Crippen molar-refractivity contribution in [3.63, 3.8) is 0 Å². The molecule has 0 aliphatic heterocycles. The lowest BCUT2D eigenvalue weighted by Gasteiger charge is -2.29. The van der Waals surface area contributed by atoms with Gasteiger partial charge in [0.05, 0.1) is 5.69 Å². The van der Waals surface area contributed by atoms with Crippen LogP contribution in [0.15, 0.2) is 6.07 Å². The molecule has 0 aromatic carbocycles. The lowest BCUT2D eigenvalue weighted by molar-refractivity contribution is -0.000433. The number of rotatable bonds is 7. The monoisotopic (exact) mass is 291 g/mol. The maximum absolute atomic E-state index is 6.04. The summed E-state index contributed by atoms with van der Waals surface area (Å²) in [5.74, 6) is 1.46. The topological polar surface area (TPSA) is 47.0 Å². The van der Waals surface area contributed by atoms with Crippen molar-refractivity contribution in [2.24, 2.45) is 5.92 Å². The molecule has 1 aromatic heterocycles. The Morgan fingerprint density at radius 2 is 2.00 bits per heavy atom. The average molecular weight is 291 g/mol. The van der Waals surface area contributed by atoms with Crippen molar-refractivity contribution in [1.29, 1.82) is 0 Å². The van der Waals surface area contributed by atoms with Crippen molar-refractivity contribution < 1.29 is 4.74 Å². The van der Waals surface area contributed by atoms with Crippen molar-refractivity contribution >= 4 is 0 Å². The third-order valence-electron chi connectivity index (χ3n) is 4.16. The van der Waals surface area contributed by atoms with Gasteiger partial charge in [0, 0.05) is 18.8 Å². The maximum Gasteiger partial charge on any atom is 0.157 e. The Bertz CT molecular complexity index is 430. The first-order valence-corrected chi connectivity index (χ1v) is 8.41. The van der Waals surface area contributed by atoms with E-state index < -0.39 is 0 Å². The smallest absolute Gasteiger partial charge is 0.157 e. The summed E-state index contributed by atoms with van der Waals surface area (Å²) < 4.78 is 6.04. The van der Waals surface area contributed by atoms with Gasteiger partial charge in [-0.1, -0.05) is 26.2 Å². The van der Waals surface area contributed by atoms with Gasteiger partial charge in [-0.15, -0.1) is 0 Å². The number of nitrogens with one attached hydrogen (secondary N) is 1. The molecule has 118 valence electrons. The summed E-state index contributed by atoms with van der Waals surface area (Å²) in [6, 6.07) is 2.07. The highest BCUT2D eigenvalue weighted by Gasteiger charge is 2.28. The van der Waals surface area contributed by atoms with Gasteiger partial charge in [-0.25, -0.2) is 9.97 Å². The molecule has 21 heavy (non-hydrogen) atoms. The average Bonchev–Trinajstić information content (AvgIpc) is 2.51. The molecule has 0 saturated heterocycles. The van der Waals surface area contributed by atoms with E-state index in [4.69, 9.17) is 9.72 Å². The number of hydrogen-bond acceptors (Lipinski definition) is 4. The molecular weight excluding hydrogens is 262 g/mol. The van der Waals surface area contributed by atoms with Crippen LogP contribution in [0.25, 0.3) is 0 Å². The van der Waals surface area contributed by atoms with Crippen LogP contribution < -0.4 is 5.32 Å². The van der Waals surface area contributed by atoms with Crippen LogP contribution >= 0.6 is 0 Å². The second kappa shape index (κ2) is 8.44. The molecule has 4 heteroatoms. The molecule has 0 bridgehead atoms. The predicted molar refractivity (Wildman–Crippen MR) is 85.1 cm³/mol. The summed E-state index contributed by atoms with van der Waals surface area (Å²) in [5.41, 5.74) is 2.10. The van der Waals surface area contributed by atoms with E-state index in [1.165, 1.54) is 32.1 Å². The van der Waals surface area contributed by atoms with E-state index in [9.17, 15) is 0 Å². The summed E-state index contributed by atoms with van der Waals surface area (Å²) in [5, 5.41) is 3.34. The van der Waals surface area contributed by atoms with Gasteiger partial charge in [0.2, 0.25) is 0 Å². The third-order valence-corrected chi connectivity index (χ3v) is 4.16. The van der Waals surface area contributed by atoms with E-state index in [0.29, 0.717) is 5.92 Å². The fourth-order valence-corrected chi connectivity index (χ4v) is 3.17. The Morgan fingerprint density at radius 3 is 2.67 bits per heavy atom. The van der Waals surface area contributed by atoms with E-state index in [0.717, 1.165) is 36.9 Å². The van der Waals surface area contributed by atoms with Crippen LogP contribution in [0.1, 0.15) is 69.3 Å². The molecule has 1 aliphatic carbocycles. The molecule has 1 aromatic rings. The molecular formula is C17H29N3O. The molecule has 1 fully saturated rings. The van der Waals surface area contributed by atoms with Crippen molar-refractivity contribution in [1.82, 2.24) is 15.3 Å². The summed E-state index contributed by atoms with van der Waals surface area (Å²) in [4.78, 5) is 9.44. The van der Waals surface area contributed by atoms with Gasteiger partial charge in [0.25, 0.3) is 0 Å². The first-order valence-electron chi connectivity index (χ1n) is 8.41. The highest BCUT2D eigenvalue weighted by molar-refractivity contribution is 5.12. The van der Waals surface area contributed by atoms with E-state index in [2.05, 4.69) is 30.2 Å². The second-order valence-corrected chi connectivity index (χ2v) is 5.91. The lowest BCUT2D eigenvalue weighted by Crippen LogP contribution is -2.23. The van der Waals surface area contributed by atoms with Gasteiger partial charge in [0.1, 0.15) is 6.10 Å². The molecule has 1 heterocycles. The SMILES string of the molecule is CCNCc1cc(C)nc(C(OCC)C2CCCCC2)n1. The van der Waals surface area contributed by atoms with Gasteiger partial charge in [0.15, 0.2) is 5.82 Å². The number of ether oxygens (including phenoxy) is 1. The van der Waals surface area contributed by atoms with E-state index in [-0.39, 0.29) is 6.10 Å². The first kappa shape index (κ1) is 16.4. The van der Waals surface area contributed by atoms with Crippen molar-refractivity contribution in [2.45, 2.75) is 65.5 Å².